The number of carboxylic acid groups (broad SMARTS) is 1. The van der Waals surface area contributed by atoms with Gasteiger partial charge in [0, 0.05) is 26.2 Å². The van der Waals surface area contributed by atoms with Gasteiger partial charge in [0.15, 0.2) is 0 Å². The van der Waals surface area contributed by atoms with E-state index in [4.69, 9.17) is 16.7 Å². The smallest absolute Gasteiger partial charge is 0.335 e. The van der Waals surface area contributed by atoms with Gasteiger partial charge in [-0.05, 0) is 55.1 Å². The van der Waals surface area contributed by atoms with E-state index < -0.39 is 12.0 Å². The standard InChI is InChI=1S/C24H33N5O3/c25-22(17-29(26)16-20-6-8-21(9-7-20)24(31)32)23(30)27-14-18-10-12-28(13-11-18)15-19-4-2-1-3-5-19/h1-9,18,22H,10-17,25-26H2,(H,27,30)(H,31,32). The van der Waals surface area contributed by atoms with Gasteiger partial charge in [-0.1, -0.05) is 42.5 Å². The predicted molar refractivity (Wildman–Crippen MR) is 123 cm³/mol. The molecule has 1 unspecified atom stereocenters. The van der Waals surface area contributed by atoms with Crippen molar-refractivity contribution < 1.29 is 14.7 Å². The third-order valence-electron chi connectivity index (χ3n) is 5.88. The van der Waals surface area contributed by atoms with E-state index in [0.717, 1.165) is 38.0 Å². The topological polar surface area (TPSA) is 125 Å². The molecule has 0 spiro atoms. The lowest BCUT2D eigenvalue weighted by Gasteiger charge is -2.32. The van der Waals surface area contributed by atoms with E-state index in [-0.39, 0.29) is 18.0 Å². The number of carboxylic acids is 1. The molecule has 2 aromatic carbocycles. The minimum absolute atomic E-state index is 0.201. The summed E-state index contributed by atoms with van der Waals surface area (Å²) in [6.07, 6.45) is 2.11. The zero-order chi connectivity index (χ0) is 22.9. The number of hydrogen-bond donors (Lipinski definition) is 4. The highest BCUT2D eigenvalue weighted by molar-refractivity contribution is 5.87. The second-order valence-electron chi connectivity index (χ2n) is 8.49. The highest BCUT2D eigenvalue weighted by Crippen LogP contribution is 2.18. The largest absolute Gasteiger partial charge is 0.478 e. The van der Waals surface area contributed by atoms with Crippen LogP contribution in [0.25, 0.3) is 0 Å². The van der Waals surface area contributed by atoms with Gasteiger partial charge >= 0.3 is 5.97 Å². The fourth-order valence-corrected chi connectivity index (χ4v) is 3.95. The Kier molecular flexibility index (Phi) is 8.75. The lowest BCUT2D eigenvalue weighted by molar-refractivity contribution is -0.123. The van der Waals surface area contributed by atoms with Gasteiger partial charge in [-0.25, -0.2) is 9.80 Å². The van der Waals surface area contributed by atoms with E-state index in [1.807, 2.05) is 6.07 Å². The molecule has 1 amide bonds. The molecule has 0 radical (unpaired) electrons. The van der Waals surface area contributed by atoms with Crippen molar-refractivity contribution >= 4 is 11.9 Å². The van der Waals surface area contributed by atoms with Crippen molar-refractivity contribution in [2.45, 2.75) is 32.0 Å². The summed E-state index contributed by atoms with van der Waals surface area (Å²) in [5, 5.41) is 13.4. The Morgan fingerprint density at radius 1 is 1.06 bits per heavy atom. The van der Waals surface area contributed by atoms with E-state index in [1.165, 1.54) is 22.7 Å². The lowest BCUT2D eigenvalue weighted by Crippen LogP contribution is -2.51. The summed E-state index contributed by atoms with van der Waals surface area (Å²) in [5.74, 6) is 5.30. The Morgan fingerprint density at radius 2 is 1.72 bits per heavy atom. The molecule has 32 heavy (non-hydrogen) atoms. The first kappa shape index (κ1) is 23.9. The van der Waals surface area contributed by atoms with Crippen molar-refractivity contribution in [3.05, 3.63) is 71.3 Å². The zero-order valence-corrected chi connectivity index (χ0v) is 18.3. The summed E-state index contributed by atoms with van der Waals surface area (Å²) in [6.45, 7) is 4.24. The molecule has 1 heterocycles. The van der Waals surface area contributed by atoms with E-state index in [1.54, 1.807) is 12.1 Å². The van der Waals surface area contributed by atoms with Crippen LogP contribution < -0.4 is 16.9 Å². The molecule has 1 aliphatic rings. The van der Waals surface area contributed by atoms with E-state index in [0.29, 0.717) is 19.0 Å². The Labute approximate surface area is 189 Å². The average molecular weight is 440 g/mol. The number of likely N-dealkylation sites (tertiary alicyclic amines) is 1. The quantitative estimate of drug-likeness (QED) is 0.326. The number of piperidine rings is 1. The fraction of sp³-hybridized carbons (Fsp3) is 0.417. The van der Waals surface area contributed by atoms with Gasteiger partial charge in [0.05, 0.1) is 11.6 Å². The normalized spacial score (nSPS) is 16.1. The van der Waals surface area contributed by atoms with Crippen molar-refractivity contribution in [2.75, 3.05) is 26.2 Å². The molecule has 0 bridgehead atoms. The Balaban J connectivity index is 1.34. The molecule has 1 saturated heterocycles. The minimum Gasteiger partial charge on any atom is -0.478 e. The maximum absolute atomic E-state index is 12.4. The van der Waals surface area contributed by atoms with Crippen LogP contribution in [-0.2, 0) is 17.9 Å². The molecule has 6 N–H and O–H groups in total. The molecule has 0 saturated carbocycles. The number of carbonyl (C=O) groups is 2. The molecule has 2 aromatic rings. The SMILES string of the molecule is NC(CN(N)Cc1ccc(C(=O)O)cc1)C(=O)NCC1CCN(Cc2ccccc2)CC1. The van der Waals surface area contributed by atoms with Crippen molar-refractivity contribution in [3.8, 4) is 0 Å². The van der Waals surface area contributed by atoms with Crippen LogP contribution in [0.2, 0.25) is 0 Å². The number of hydrazine groups is 1. The molecule has 8 nitrogen and oxygen atoms in total. The molecular weight excluding hydrogens is 406 g/mol. The number of amides is 1. The van der Waals surface area contributed by atoms with Gasteiger partial charge in [-0.2, -0.15) is 0 Å². The molecule has 1 aliphatic heterocycles. The Bertz CT molecular complexity index is 867. The third kappa shape index (κ3) is 7.42. The van der Waals surface area contributed by atoms with Crippen molar-refractivity contribution in [1.82, 2.24) is 15.2 Å². The van der Waals surface area contributed by atoms with Crippen LogP contribution >= 0.6 is 0 Å². The van der Waals surface area contributed by atoms with Crippen LogP contribution in [0.5, 0.6) is 0 Å². The summed E-state index contributed by atoms with van der Waals surface area (Å²) in [4.78, 5) is 25.8. The summed E-state index contributed by atoms with van der Waals surface area (Å²) < 4.78 is 0. The van der Waals surface area contributed by atoms with E-state index >= 15 is 0 Å². The van der Waals surface area contributed by atoms with Crippen LogP contribution in [0.4, 0.5) is 0 Å². The number of rotatable bonds is 10. The molecule has 3 rings (SSSR count). The average Bonchev–Trinajstić information content (AvgIpc) is 2.79. The van der Waals surface area contributed by atoms with E-state index in [2.05, 4.69) is 34.5 Å². The maximum Gasteiger partial charge on any atom is 0.335 e. The number of benzene rings is 2. The number of nitrogens with zero attached hydrogens (tertiary/aromatic N) is 2. The monoisotopic (exact) mass is 439 g/mol. The zero-order valence-electron chi connectivity index (χ0n) is 18.3. The number of nitrogens with one attached hydrogen (secondary N) is 1. The van der Waals surface area contributed by atoms with Gasteiger partial charge in [0.1, 0.15) is 0 Å². The number of hydrogen-bond acceptors (Lipinski definition) is 6. The molecule has 172 valence electrons. The van der Waals surface area contributed by atoms with Gasteiger partial charge in [-0.15, -0.1) is 0 Å². The van der Waals surface area contributed by atoms with Crippen molar-refractivity contribution in [3.63, 3.8) is 0 Å². The number of nitrogens with two attached hydrogens (primary N) is 2. The molecule has 1 fully saturated rings. The van der Waals surface area contributed by atoms with Gasteiger partial charge in [0.25, 0.3) is 0 Å². The van der Waals surface area contributed by atoms with Gasteiger partial charge in [0.2, 0.25) is 5.91 Å². The highest BCUT2D eigenvalue weighted by atomic mass is 16.4. The van der Waals surface area contributed by atoms with Gasteiger partial charge < -0.3 is 16.2 Å². The summed E-state index contributed by atoms with van der Waals surface area (Å²) in [6, 6.07) is 16.2. The number of aromatic carboxylic acids is 1. The Morgan fingerprint density at radius 3 is 2.34 bits per heavy atom. The second-order valence-corrected chi connectivity index (χ2v) is 8.49. The molecule has 1 atom stereocenters. The Hall–Kier alpha value is -2.78. The predicted octanol–water partition coefficient (Wildman–Crippen LogP) is 1.42. The first-order chi connectivity index (χ1) is 15.4. The highest BCUT2D eigenvalue weighted by Gasteiger charge is 2.22. The van der Waals surface area contributed by atoms with Crippen LogP contribution in [0, 0.1) is 5.92 Å². The third-order valence-corrected chi connectivity index (χ3v) is 5.88. The first-order valence-electron chi connectivity index (χ1n) is 11.0. The maximum atomic E-state index is 12.4. The van der Waals surface area contributed by atoms with Crippen LogP contribution in [-0.4, -0.2) is 59.1 Å². The second kappa shape index (κ2) is 11.7. The molecule has 0 aliphatic carbocycles. The summed E-state index contributed by atoms with van der Waals surface area (Å²) >= 11 is 0. The van der Waals surface area contributed by atoms with Crippen LogP contribution in [0.15, 0.2) is 54.6 Å². The fourth-order valence-electron chi connectivity index (χ4n) is 3.95. The molecule has 8 heteroatoms. The molecular formula is C24H33N5O3. The van der Waals surface area contributed by atoms with Crippen LogP contribution in [0.3, 0.4) is 0 Å². The van der Waals surface area contributed by atoms with E-state index in [9.17, 15) is 9.59 Å². The van der Waals surface area contributed by atoms with Crippen molar-refractivity contribution in [2.24, 2.45) is 17.5 Å². The lowest BCUT2D eigenvalue weighted by atomic mass is 9.96. The van der Waals surface area contributed by atoms with Gasteiger partial charge in [-0.3, -0.25) is 15.5 Å². The minimum atomic E-state index is -0.971. The first-order valence-corrected chi connectivity index (χ1v) is 11.0. The number of carbonyl (C=O) groups excluding carboxylic acids is 1. The summed E-state index contributed by atoms with van der Waals surface area (Å²) in [5.41, 5.74) is 8.44. The van der Waals surface area contributed by atoms with Crippen molar-refractivity contribution in [1.29, 1.82) is 0 Å². The van der Waals surface area contributed by atoms with Crippen LogP contribution in [0.1, 0.15) is 34.3 Å². The molecule has 0 aromatic heterocycles. The summed E-state index contributed by atoms with van der Waals surface area (Å²) in [7, 11) is 0.